The number of halogens is 1. The zero-order chi connectivity index (χ0) is 20.1. The first kappa shape index (κ1) is 19.0. The van der Waals surface area contributed by atoms with Gasteiger partial charge in [-0.3, -0.25) is 4.79 Å². The molecule has 1 aromatic heterocycles. The van der Waals surface area contributed by atoms with Gasteiger partial charge >= 0.3 is 5.97 Å². The number of aromatic nitrogens is 2. The Balaban J connectivity index is 1.76. The molecule has 1 amide bonds. The molecule has 0 unspecified atom stereocenters. The number of ether oxygens (including phenoxy) is 1. The predicted octanol–water partition coefficient (Wildman–Crippen LogP) is 3.71. The number of anilines is 3. The number of hydrogen-bond donors (Lipinski definition) is 2. The van der Waals surface area contributed by atoms with Crippen molar-refractivity contribution in [2.24, 2.45) is 0 Å². The van der Waals surface area contributed by atoms with E-state index in [4.69, 9.17) is 0 Å². The van der Waals surface area contributed by atoms with E-state index in [1.165, 1.54) is 25.3 Å². The van der Waals surface area contributed by atoms with Crippen molar-refractivity contribution < 1.29 is 18.7 Å². The van der Waals surface area contributed by atoms with Crippen LogP contribution in [0.4, 0.5) is 21.7 Å². The number of carbonyl (C=O) groups is 2. The summed E-state index contributed by atoms with van der Waals surface area (Å²) >= 11 is 0. The number of hydrogen-bond acceptors (Lipinski definition) is 6. The number of amides is 1. The van der Waals surface area contributed by atoms with E-state index >= 15 is 0 Å². The monoisotopic (exact) mass is 380 g/mol. The SMILES string of the molecule is COC(=O)c1ccc(NC(=O)c2cc(C)nc(Nc3cccc(F)c3)n2)cc1. The Morgan fingerprint density at radius 3 is 2.43 bits per heavy atom. The molecule has 0 aliphatic rings. The molecule has 0 radical (unpaired) electrons. The molecule has 7 nitrogen and oxygen atoms in total. The minimum Gasteiger partial charge on any atom is -0.465 e. The summed E-state index contributed by atoms with van der Waals surface area (Å²) in [6.07, 6.45) is 0. The van der Waals surface area contributed by atoms with Gasteiger partial charge in [0.2, 0.25) is 5.95 Å². The van der Waals surface area contributed by atoms with E-state index in [0.29, 0.717) is 22.6 Å². The molecule has 0 bridgehead atoms. The van der Waals surface area contributed by atoms with Crippen molar-refractivity contribution in [2.45, 2.75) is 6.92 Å². The number of nitrogens with zero attached hydrogens (tertiary/aromatic N) is 2. The summed E-state index contributed by atoms with van der Waals surface area (Å²) in [5.41, 5.74) is 2.05. The second-order valence-corrected chi connectivity index (χ2v) is 5.88. The lowest BCUT2D eigenvalue weighted by atomic mass is 10.2. The number of esters is 1. The summed E-state index contributed by atoms with van der Waals surface area (Å²) in [5, 5.41) is 5.58. The smallest absolute Gasteiger partial charge is 0.337 e. The van der Waals surface area contributed by atoms with Crippen LogP contribution in [-0.2, 0) is 4.74 Å². The summed E-state index contributed by atoms with van der Waals surface area (Å²) in [5.74, 6) is -1.13. The summed E-state index contributed by atoms with van der Waals surface area (Å²) in [4.78, 5) is 32.4. The number of aryl methyl sites for hydroxylation is 1. The maximum atomic E-state index is 13.3. The van der Waals surface area contributed by atoms with Crippen LogP contribution in [0, 0.1) is 12.7 Å². The highest BCUT2D eigenvalue weighted by Crippen LogP contribution is 2.16. The van der Waals surface area contributed by atoms with Crippen molar-refractivity contribution >= 4 is 29.2 Å². The van der Waals surface area contributed by atoms with Crippen LogP contribution in [0.3, 0.4) is 0 Å². The standard InChI is InChI=1S/C20H17FN4O3/c1-12-10-17(25-20(22-12)24-16-5-3-4-14(21)11-16)18(26)23-15-8-6-13(7-9-15)19(27)28-2/h3-11H,1-2H3,(H,23,26)(H,22,24,25). The molecule has 3 rings (SSSR count). The zero-order valence-corrected chi connectivity index (χ0v) is 15.2. The highest BCUT2D eigenvalue weighted by Gasteiger charge is 2.12. The van der Waals surface area contributed by atoms with Gasteiger partial charge in [0.05, 0.1) is 12.7 Å². The van der Waals surface area contributed by atoms with Gasteiger partial charge in [0.1, 0.15) is 11.5 Å². The third-order valence-electron chi connectivity index (χ3n) is 3.73. The summed E-state index contributed by atoms with van der Waals surface area (Å²) in [7, 11) is 1.30. The molecule has 0 aliphatic carbocycles. The summed E-state index contributed by atoms with van der Waals surface area (Å²) in [6, 6.07) is 13.6. The highest BCUT2D eigenvalue weighted by atomic mass is 19.1. The van der Waals surface area contributed by atoms with Crippen molar-refractivity contribution in [1.82, 2.24) is 9.97 Å². The fraction of sp³-hybridized carbons (Fsp3) is 0.100. The Morgan fingerprint density at radius 1 is 1.00 bits per heavy atom. The molecule has 28 heavy (non-hydrogen) atoms. The van der Waals surface area contributed by atoms with Crippen LogP contribution >= 0.6 is 0 Å². The molecule has 142 valence electrons. The van der Waals surface area contributed by atoms with Crippen LogP contribution in [-0.4, -0.2) is 29.0 Å². The van der Waals surface area contributed by atoms with E-state index in [0.717, 1.165) is 0 Å². The van der Waals surface area contributed by atoms with Gasteiger partial charge in [-0.25, -0.2) is 19.2 Å². The predicted molar refractivity (Wildman–Crippen MR) is 102 cm³/mol. The van der Waals surface area contributed by atoms with E-state index in [-0.39, 0.29) is 11.6 Å². The number of benzene rings is 2. The molecule has 0 saturated heterocycles. The molecule has 0 atom stereocenters. The van der Waals surface area contributed by atoms with Crippen LogP contribution in [0.1, 0.15) is 26.5 Å². The number of nitrogens with one attached hydrogen (secondary N) is 2. The average Bonchev–Trinajstić information content (AvgIpc) is 2.67. The van der Waals surface area contributed by atoms with Crippen molar-refractivity contribution in [2.75, 3.05) is 17.7 Å². The molecular weight excluding hydrogens is 363 g/mol. The maximum absolute atomic E-state index is 13.3. The average molecular weight is 380 g/mol. The second kappa shape index (κ2) is 8.26. The van der Waals surface area contributed by atoms with Gasteiger partial charge in [0.15, 0.2) is 0 Å². The van der Waals surface area contributed by atoms with E-state index in [1.807, 2.05) is 0 Å². The molecule has 0 fully saturated rings. The Morgan fingerprint density at radius 2 is 1.75 bits per heavy atom. The third kappa shape index (κ3) is 4.67. The van der Waals surface area contributed by atoms with Crippen molar-refractivity contribution in [3.8, 4) is 0 Å². The summed E-state index contributed by atoms with van der Waals surface area (Å²) < 4.78 is 18.0. The van der Waals surface area contributed by atoms with Gasteiger partial charge in [0.25, 0.3) is 5.91 Å². The second-order valence-electron chi connectivity index (χ2n) is 5.88. The van der Waals surface area contributed by atoms with Gasteiger partial charge in [-0.15, -0.1) is 0 Å². The Kier molecular flexibility index (Phi) is 5.59. The third-order valence-corrected chi connectivity index (χ3v) is 3.73. The van der Waals surface area contributed by atoms with Crippen LogP contribution in [0.25, 0.3) is 0 Å². The van der Waals surface area contributed by atoms with Gasteiger partial charge in [0, 0.05) is 17.1 Å². The van der Waals surface area contributed by atoms with E-state index in [1.54, 1.807) is 43.3 Å². The molecule has 0 aliphatic heterocycles. The first-order valence-corrected chi connectivity index (χ1v) is 8.32. The van der Waals surface area contributed by atoms with Gasteiger partial charge < -0.3 is 15.4 Å². The first-order chi connectivity index (χ1) is 13.4. The van der Waals surface area contributed by atoms with Crippen molar-refractivity contribution in [3.05, 3.63) is 77.4 Å². The fourth-order valence-corrected chi connectivity index (χ4v) is 2.44. The van der Waals surface area contributed by atoms with Crippen molar-refractivity contribution in [1.29, 1.82) is 0 Å². The van der Waals surface area contributed by atoms with Crippen LogP contribution in [0.2, 0.25) is 0 Å². The van der Waals surface area contributed by atoms with E-state index < -0.39 is 17.7 Å². The molecule has 3 aromatic rings. The lowest BCUT2D eigenvalue weighted by molar-refractivity contribution is 0.0600. The molecule has 1 heterocycles. The quantitative estimate of drug-likeness (QED) is 0.656. The number of rotatable bonds is 5. The molecule has 2 aromatic carbocycles. The number of methoxy groups -OCH3 is 1. The van der Waals surface area contributed by atoms with Gasteiger partial charge in [-0.1, -0.05) is 6.07 Å². The van der Waals surface area contributed by atoms with Gasteiger partial charge in [-0.2, -0.15) is 0 Å². The molecular formula is C20H17FN4O3. The largest absolute Gasteiger partial charge is 0.465 e. The lowest BCUT2D eigenvalue weighted by Crippen LogP contribution is -2.15. The zero-order valence-electron chi connectivity index (χ0n) is 15.2. The lowest BCUT2D eigenvalue weighted by Gasteiger charge is -2.09. The fourth-order valence-electron chi connectivity index (χ4n) is 2.44. The number of carbonyl (C=O) groups excluding carboxylic acids is 2. The van der Waals surface area contributed by atoms with Gasteiger partial charge in [-0.05, 0) is 55.5 Å². The minimum absolute atomic E-state index is 0.142. The Bertz CT molecular complexity index is 1020. The van der Waals surface area contributed by atoms with Crippen LogP contribution in [0.5, 0.6) is 0 Å². The van der Waals surface area contributed by atoms with E-state index in [2.05, 4.69) is 25.3 Å². The first-order valence-electron chi connectivity index (χ1n) is 8.32. The molecule has 8 heteroatoms. The Hall–Kier alpha value is -3.81. The summed E-state index contributed by atoms with van der Waals surface area (Å²) in [6.45, 7) is 1.72. The van der Waals surface area contributed by atoms with Crippen LogP contribution < -0.4 is 10.6 Å². The maximum Gasteiger partial charge on any atom is 0.337 e. The van der Waals surface area contributed by atoms with E-state index in [9.17, 15) is 14.0 Å². The molecule has 0 spiro atoms. The minimum atomic E-state index is -0.461. The van der Waals surface area contributed by atoms with Crippen molar-refractivity contribution in [3.63, 3.8) is 0 Å². The molecule has 2 N–H and O–H groups in total. The normalized spacial score (nSPS) is 10.2. The molecule has 0 saturated carbocycles. The topological polar surface area (TPSA) is 93.2 Å². The van der Waals surface area contributed by atoms with Crippen LogP contribution in [0.15, 0.2) is 54.6 Å². The highest BCUT2D eigenvalue weighted by molar-refractivity contribution is 6.03. The Labute approximate surface area is 160 Å².